The molecule has 15 heavy (non-hydrogen) atoms. The first kappa shape index (κ1) is 10.6. The first-order valence-corrected chi connectivity index (χ1v) is 5.89. The SMILES string of the molecule is COc1ccsc1C(=O)C1CCOC1C. The molecule has 0 radical (unpaired) electrons. The summed E-state index contributed by atoms with van der Waals surface area (Å²) in [5.74, 6) is 0.841. The van der Waals surface area contributed by atoms with E-state index in [9.17, 15) is 4.79 Å². The Labute approximate surface area is 93.0 Å². The Hall–Kier alpha value is -0.870. The van der Waals surface area contributed by atoms with Gasteiger partial charge in [0.25, 0.3) is 0 Å². The van der Waals surface area contributed by atoms with E-state index in [2.05, 4.69) is 0 Å². The smallest absolute Gasteiger partial charge is 0.182 e. The average Bonchev–Trinajstić information content (AvgIpc) is 2.84. The number of hydrogen-bond donors (Lipinski definition) is 0. The first-order chi connectivity index (χ1) is 7.24. The molecule has 0 bridgehead atoms. The van der Waals surface area contributed by atoms with E-state index in [-0.39, 0.29) is 17.8 Å². The van der Waals surface area contributed by atoms with Gasteiger partial charge in [-0.2, -0.15) is 0 Å². The molecule has 0 N–H and O–H groups in total. The van der Waals surface area contributed by atoms with Crippen molar-refractivity contribution >= 4 is 17.1 Å². The predicted octanol–water partition coefficient (Wildman–Crippen LogP) is 2.36. The highest BCUT2D eigenvalue weighted by Crippen LogP contribution is 2.32. The van der Waals surface area contributed by atoms with E-state index in [0.717, 1.165) is 11.3 Å². The molecular formula is C11H14O3S. The summed E-state index contributed by atoms with van der Waals surface area (Å²) in [7, 11) is 1.59. The Bertz CT molecular complexity index is 358. The van der Waals surface area contributed by atoms with Gasteiger partial charge in [0.05, 0.1) is 19.1 Å². The second-order valence-corrected chi connectivity index (χ2v) is 4.57. The van der Waals surface area contributed by atoms with Crippen LogP contribution in [0.15, 0.2) is 11.4 Å². The van der Waals surface area contributed by atoms with Crippen LogP contribution in [0.1, 0.15) is 23.0 Å². The molecule has 0 saturated carbocycles. The Balaban J connectivity index is 2.20. The third kappa shape index (κ3) is 1.92. The molecule has 0 amide bonds. The fourth-order valence-corrected chi connectivity index (χ4v) is 2.75. The number of Topliss-reactive ketones (excluding diaryl/α,β-unsaturated/α-hetero) is 1. The molecule has 0 spiro atoms. The quantitative estimate of drug-likeness (QED) is 0.742. The predicted molar refractivity (Wildman–Crippen MR) is 58.7 cm³/mol. The van der Waals surface area contributed by atoms with E-state index in [1.807, 2.05) is 18.4 Å². The minimum Gasteiger partial charge on any atom is -0.495 e. The molecule has 2 heterocycles. The molecule has 1 saturated heterocycles. The van der Waals surface area contributed by atoms with Crippen molar-refractivity contribution in [2.75, 3.05) is 13.7 Å². The van der Waals surface area contributed by atoms with Gasteiger partial charge in [-0.25, -0.2) is 0 Å². The zero-order valence-electron chi connectivity index (χ0n) is 8.86. The van der Waals surface area contributed by atoms with Gasteiger partial charge in [0, 0.05) is 6.61 Å². The van der Waals surface area contributed by atoms with Crippen LogP contribution in [0.5, 0.6) is 5.75 Å². The van der Waals surface area contributed by atoms with E-state index in [1.54, 1.807) is 7.11 Å². The Morgan fingerprint density at radius 3 is 3.07 bits per heavy atom. The van der Waals surface area contributed by atoms with Crippen molar-refractivity contribution in [2.45, 2.75) is 19.4 Å². The van der Waals surface area contributed by atoms with Gasteiger partial charge in [-0.15, -0.1) is 11.3 Å². The average molecular weight is 226 g/mol. The van der Waals surface area contributed by atoms with Crippen LogP contribution < -0.4 is 4.74 Å². The molecule has 1 aliphatic rings. The van der Waals surface area contributed by atoms with E-state index >= 15 is 0 Å². The van der Waals surface area contributed by atoms with Gasteiger partial charge in [0.1, 0.15) is 10.6 Å². The van der Waals surface area contributed by atoms with Crippen molar-refractivity contribution in [3.05, 3.63) is 16.3 Å². The Morgan fingerprint density at radius 2 is 2.47 bits per heavy atom. The molecule has 1 fully saturated rings. The number of carbonyl (C=O) groups is 1. The summed E-state index contributed by atoms with van der Waals surface area (Å²) < 4.78 is 10.6. The number of carbonyl (C=O) groups excluding carboxylic acids is 1. The van der Waals surface area contributed by atoms with Crippen LogP contribution in [0.3, 0.4) is 0 Å². The molecule has 2 atom stereocenters. The standard InChI is InChI=1S/C11H14O3S/c1-7-8(3-5-14-7)10(12)11-9(13-2)4-6-15-11/h4,6-8H,3,5H2,1-2H3. The van der Waals surface area contributed by atoms with Crippen LogP contribution in [0, 0.1) is 5.92 Å². The van der Waals surface area contributed by atoms with Crippen LogP contribution in [0.2, 0.25) is 0 Å². The van der Waals surface area contributed by atoms with Gasteiger partial charge in [-0.1, -0.05) is 0 Å². The number of hydrogen-bond acceptors (Lipinski definition) is 4. The normalized spacial score (nSPS) is 25.5. The third-order valence-electron chi connectivity index (χ3n) is 2.79. The number of rotatable bonds is 3. The summed E-state index contributed by atoms with van der Waals surface area (Å²) in [5.41, 5.74) is 0. The summed E-state index contributed by atoms with van der Waals surface area (Å²) in [6, 6.07) is 1.83. The van der Waals surface area contributed by atoms with Gasteiger partial charge in [-0.05, 0) is 24.8 Å². The molecule has 4 heteroatoms. The van der Waals surface area contributed by atoms with Crippen LogP contribution in [-0.2, 0) is 4.74 Å². The highest BCUT2D eigenvalue weighted by molar-refractivity contribution is 7.12. The van der Waals surface area contributed by atoms with Crippen LogP contribution in [0.25, 0.3) is 0 Å². The number of thiophene rings is 1. The molecule has 1 aromatic rings. The fourth-order valence-electron chi connectivity index (χ4n) is 1.88. The molecule has 3 nitrogen and oxygen atoms in total. The number of methoxy groups -OCH3 is 1. The lowest BCUT2D eigenvalue weighted by Crippen LogP contribution is -2.21. The zero-order valence-corrected chi connectivity index (χ0v) is 9.67. The minimum atomic E-state index is -0.00227. The molecular weight excluding hydrogens is 212 g/mol. The van der Waals surface area contributed by atoms with Crippen molar-refractivity contribution in [1.29, 1.82) is 0 Å². The van der Waals surface area contributed by atoms with Crippen LogP contribution >= 0.6 is 11.3 Å². The lowest BCUT2D eigenvalue weighted by atomic mass is 9.96. The van der Waals surface area contributed by atoms with E-state index in [1.165, 1.54) is 11.3 Å². The third-order valence-corrected chi connectivity index (χ3v) is 3.70. The second kappa shape index (κ2) is 4.33. The highest BCUT2D eigenvalue weighted by atomic mass is 32.1. The molecule has 82 valence electrons. The topological polar surface area (TPSA) is 35.5 Å². The highest BCUT2D eigenvalue weighted by Gasteiger charge is 2.33. The van der Waals surface area contributed by atoms with Crippen LogP contribution in [-0.4, -0.2) is 25.6 Å². The molecule has 2 unspecified atom stereocenters. The lowest BCUT2D eigenvalue weighted by Gasteiger charge is -2.12. The summed E-state index contributed by atoms with van der Waals surface area (Å²) in [4.78, 5) is 12.9. The monoisotopic (exact) mass is 226 g/mol. The lowest BCUT2D eigenvalue weighted by molar-refractivity contribution is 0.0766. The molecule has 2 rings (SSSR count). The van der Waals surface area contributed by atoms with Crippen molar-refractivity contribution < 1.29 is 14.3 Å². The van der Waals surface area contributed by atoms with Crippen LogP contribution in [0.4, 0.5) is 0 Å². The van der Waals surface area contributed by atoms with Gasteiger partial charge < -0.3 is 9.47 Å². The number of ketones is 1. The molecule has 0 aromatic carbocycles. The van der Waals surface area contributed by atoms with E-state index < -0.39 is 0 Å². The van der Waals surface area contributed by atoms with E-state index in [0.29, 0.717) is 12.4 Å². The Morgan fingerprint density at radius 1 is 1.67 bits per heavy atom. The van der Waals surface area contributed by atoms with E-state index in [4.69, 9.17) is 9.47 Å². The molecule has 0 aliphatic carbocycles. The molecule has 1 aromatic heterocycles. The van der Waals surface area contributed by atoms with Gasteiger partial charge in [0.15, 0.2) is 5.78 Å². The van der Waals surface area contributed by atoms with Crippen molar-refractivity contribution in [3.8, 4) is 5.75 Å². The summed E-state index contributed by atoms with van der Waals surface area (Å²) >= 11 is 1.44. The van der Waals surface area contributed by atoms with Gasteiger partial charge in [0.2, 0.25) is 0 Å². The van der Waals surface area contributed by atoms with Gasteiger partial charge >= 0.3 is 0 Å². The van der Waals surface area contributed by atoms with Crippen molar-refractivity contribution in [1.82, 2.24) is 0 Å². The maximum absolute atomic E-state index is 12.1. The maximum atomic E-state index is 12.1. The molecule has 1 aliphatic heterocycles. The maximum Gasteiger partial charge on any atom is 0.182 e. The summed E-state index contributed by atoms with van der Waals surface area (Å²) in [6.45, 7) is 2.64. The number of ether oxygens (including phenoxy) is 2. The second-order valence-electron chi connectivity index (χ2n) is 3.65. The minimum absolute atomic E-state index is 0.00227. The van der Waals surface area contributed by atoms with Crippen molar-refractivity contribution in [2.24, 2.45) is 5.92 Å². The largest absolute Gasteiger partial charge is 0.495 e. The Kier molecular flexibility index (Phi) is 3.07. The fraction of sp³-hybridized carbons (Fsp3) is 0.545. The summed E-state index contributed by atoms with van der Waals surface area (Å²) in [6.07, 6.45) is 0.852. The first-order valence-electron chi connectivity index (χ1n) is 5.01. The summed E-state index contributed by atoms with van der Waals surface area (Å²) in [5, 5.41) is 1.88. The van der Waals surface area contributed by atoms with Gasteiger partial charge in [-0.3, -0.25) is 4.79 Å². The van der Waals surface area contributed by atoms with Crippen molar-refractivity contribution in [3.63, 3.8) is 0 Å². The zero-order chi connectivity index (χ0) is 10.8.